The number of pyridine rings is 2. The minimum atomic E-state index is -0.823. The molecular weight excluding hydrogens is 408 g/mol. The first-order chi connectivity index (χ1) is 14.6. The molecule has 2 aromatic heterocycles. The van der Waals surface area contributed by atoms with Crippen molar-refractivity contribution in [2.45, 2.75) is 13.8 Å². The Morgan fingerprint density at radius 3 is 2.42 bits per heavy atom. The van der Waals surface area contributed by atoms with Crippen LogP contribution in [0, 0.1) is 17.0 Å². The number of nitro groups is 1. The highest BCUT2D eigenvalue weighted by atomic mass is 16.6. The average Bonchev–Trinajstić information content (AvgIpc) is 2.74. The van der Waals surface area contributed by atoms with Crippen LogP contribution in [-0.4, -0.2) is 57.4 Å². The number of methoxy groups -OCH3 is 1. The standard InChI is InChI=1S/C20H16N4O7/c1-9-7-14(24(29)30)18(22-16(9)20(28)31-4)12-6-5-11-17(21-12)13(23(3)10(2)25)8-15(26)19(11)27/h5-8H,1-4H3. The van der Waals surface area contributed by atoms with Crippen LogP contribution in [-0.2, 0) is 14.3 Å². The van der Waals surface area contributed by atoms with Gasteiger partial charge in [-0.3, -0.25) is 24.5 Å². The van der Waals surface area contributed by atoms with Crippen LogP contribution >= 0.6 is 0 Å². The third-order valence-corrected chi connectivity index (χ3v) is 4.72. The van der Waals surface area contributed by atoms with Gasteiger partial charge in [0.25, 0.3) is 5.69 Å². The van der Waals surface area contributed by atoms with Gasteiger partial charge >= 0.3 is 5.97 Å². The Morgan fingerprint density at radius 2 is 1.84 bits per heavy atom. The number of allylic oxidation sites excluding steroid dienone is 1. The van der Waals surface area contributed by atoms with Crippen LogP contribution < -0.4 is 0 Å². The first-order valence-corrected chi connectivity index (χ1v) is 8.87. The molecule has 1 aliphatic rings. The van der Waals surface area contributed by atoms with E-state index in [9.17, 15) is 29.3 Å². The zero-order valence-corrected chi connectivity index (χ0v) is 17.0. The van der Waals surface area contributed by atoms with Gasteiger partial charge in [-0.2, -0.15) is 0 Å². The van der Waals surface area contributed by atoms with Gasteiger partial charge in [-0.25, -0.2) is 14.8 Å². The molecule has 0 atom stereocenters. The van der Waals surface area contributed by atoms with Crippen molar-refractivity contribution in [1.82, 2.24) is 14.9 Å². The number of rotatable bonds is 4. The molecule has 0 spiro atoms. The summed E-state index contributed by atoms with van der Waals surface area (Å²) in [7, 11) is 2.55. The van der Waals surface area contributed by atoms with Crippen LogP contribution in [0.5, 0.6) is 0 Å². The third-order valence-electron chi connectivity index (χ3n) is 4.72. The first-order valence-electron chi connectivity index (χ1n) is 8.87. The Hall–Kier alpha value is -4.28. The molecule has 0 radical (unpaired) electrons. The van der Waals surface area contributed by atoms with E-state index in [-0.39, 0.29) is 39.6 Å². The largest absolute Gasteiger partial charge is 0.464 e. The molecule has 1 amide bonds. The molecule has 1 aliphatic carbocycles. The molecule has 11 nitrogen and oxygen atoms in total. The molecular formula is C20H16N4O7. The molecule has 0 unspecified atom stereocenters. The van der Waals surface area contributed by atoms with Crippen LogP contribution in [0.3, 0.4) is 0 Å². The molecule has 0 saturated carbocycles. The minimum Gasteiger partial charge on any atom is -0.464 e. The number of ketones is 2. The van der Waals surface area contributed by atoms with Crippen molar-refractivity contribution < 1.29 is 28.8 Å². The predicted molar refractivity (Wildman–Crippen MR) is 106 cm³/mol. The molecule has 11 heteroatoms. The molecule has 0 fully saturated rings. The fourth-order valence-corrected chi connectivity index (χ4v) is 3.02. The number of esters is 1. The van der Waals surface area contributed by atoms with E-state index >= 15 is 0 Å². The number of carbonyl (C=O) groups is 4. The van der Waals surface area contributed by atoms with Crippen LogP contribution in [0.15, 0.2) is 24.3 Å². The molecule has 2 aromatic rings. The van der Waals surface area contributed by atoms with Gasteiger partial charge in [0.2, 0.25) is 17.5 Å². The first kappa shape index (κ1) is 21.4. The summed E-state index contributed by atoms with van der Waals surface area (Å²) in [5.74, 6) is -2.85. The summed E-state index contributed by atoms with van der Waals surface area (Å²) >= 11 is 0. The minimum absolute atomic E-state index is 0.00362. The van der Waals surface area contributed by atoms with Crippen LogP contribution in [0.4, 0.5) is 5.69 Å². The molecule has 0 N–H and O–H groups in total. The van der Waals surface area contributed by atoms with Gasteiger partial charge in [0.15, 0.2) is 11.4 Å². The predicted octanol–water partition coefficient (Wildman–Crippen LogP) is 1.73. The van der Waals surface area contributed by atoms with E-state index in [1.807, 2.05) is 0 Å². The van der Waals surface area contributed by atoms with Crippen LogP contribution in [0.25, 0.3) is 17.1 Å². The Balaban J connectivity index is 2.29. The van der Waals surface area contributed by atoms with Crippen molar-refractivity contribution in [2.24, 2.45) is 0 Å². The van der Waals surface area contributed by atoms with Crippen molar-refractivity contribution in [3.05, 3.63) is 56.9 Å². The third kappa shape index (κ3) is 3.68. The lowest BCUT2D eigenvalue weighted by Crippen LogP contribution is -2.29. The second-order valence-electron chi connectivity index (χ2n) is 6.66. The summed E-state index contributed by atoms with van der Waals surface area (Å²) in [5.41, 5.74) is -0.562. The maximum absolute atomic E-state index is 12.3. The van der Waals surface area contributed by atoms with Crippen molar-refractivity contribution in [3.8, 4) is 11.4 Å². The number of amides is 1. The maximum Gasteiger partial charge on any atom is 0.356 e. The quantitative estimate of drug-likeness (QED) is 0.309. The molecule has 3 rings (SSSR count). The van der Waals surface area contributed by atoms with E-state index in [4.69, 9.17) is 0 Å². The number of aryl methyl sites for hydroxylation is 1. The van der Waals surface area contributed by atoms with E-state index in [0.717, 1.165) is 18.1 Å². The number of hydrogen-bond acceptors (Lipinski definition) is 9. The highest BCUT2D eigenvalue weighted by Gasteiger charge is 2.32. The second kappa shape index (κ2) is 7.86. The van der Waals surface area contributed by atoms with Gasteiger partial charge in [0, 0.05) is 26.1 Å². The van der Waals surface area contributed by atoms with Crippen molar-refractivity contribution in [2.75, 3.05) is 14.2 Å². The van der Waals surface area contributed by atoms with Gasteiger partial charge in [-0.1, -0.05) is 0 Å². The summed E-state index contributed by atoms with van der Waals surface area (Å²) in [6, 6.07) is 3.73. The molecule has 0 bridgehead atoms. The van der Waals surface area contributed by atoms with E-state index in [2.05, 4.69) is 14.7 Å². The van der Waals surface area contributed by atoms with E-state index in [1.165, 1.54) is 39.1 Å². The maximum atomic E-state index is 12.3. The Bertz CT molecular complexity index is 1220. The van der Waals surface area contributed by atoms with Crippen LogP contribution in [0.2, 0.25) is 0 Å². The molecule has 0 aliphatic heterocycles. The van der Waals surface area contributed by atoms with Gasteiger partial charge < -0.3 is 9.64 Å². The number of aromatic nitrogens is 2. The molecule has 0 saturated heterocycles. The number of nitrogens with zero attached hydrogens (tertiary/aromatic N) is 4. The van der Waals surface area contributed by atoms with Crippen molar-refractivity contribution in [3.63, 3.8) is 0 Å². The van der Waals surface area contributed by atoms with Gasteiger partial charge in [0.1, 0.15) is 0 Å². The summed E-state index contributed by atoms with van der Waals surface area (Å²) < 4.78 is 4.67. The Labute approximate surface area is 175 Å². The SMILES string of the molecule is COC(=O)c1nc(-c2ccc3c(n2)C(N(C)C(C)=O)=CC(=O)C3=O)c([N+](=O)[O-])cc1C. The number of hydrogen-bond donors (Lipinski definition) is 0. The smallest absolute Gasteiger partial charge is 0.356 e. The molecule has 31 heavy (non-hydrogen) atoms. The highest BCUT2D eigenvalue weighted by molar-refractivity contribution is 6.50. The number of ether oxygens (including phenoxy) is 1. The zero-order valence-electron chi connectivity index (χ0n) is 17.0. The van der Waals surface area contributed by atoms with Gasteiger partial charge in [-0.05, 0) is 24.6 Å². The summed E-state index contributed by atoms with van der Waals surface area (Å²) in [4.78, 5) is 68.6. The fourth-order valence-electron chi connectivity index (χ4n) is 3.02. The zero-order chi connectivity index (χ0) is 23.0. The van der Waals surface area contributed by atoms with E-state index in [1.54, 1.807) is 0 Å². The van der Waals surface area contributed by atoms with E-state index < -0.39 is 34.1 Å². The monoisotopic (exact) mass is 424 g/mol. The highest BCUT2D eigenvalue weighted by Crippen LogP contribution is 2.33. The molecule has 158 valence electrons. The summed E-state index contributed by atoms with van der Waals surface area (Å²) in [6.45, 7) is 2.74. The lowest BCUT2D eigenvalue weighted by atomic mass is 9.95. The number of carbonyl (C=O) groups excluding carboxylic acids is 4. The normalized spacial score (nSPS) is 12.7. The van der Waals surface area contributed by atoms with E-state index in [0.29, 0.717) is 0 Å². The lowest BCUT2D eigenvalue weighted by molar-refractivity contribution is -0.384. The summed E-state index contributed by atoms with van der Waals surface area (Å²) in [5, 5.41) is 11.6. The number of Topliss-reactive ketones (excluding diaryl/α,β-unsaturated/α-hetero) is 1. The van der Waals surface area contributed by atoms with Crippen LogP contribution in [0.1, 0.15) is 39.0 Å². The lowest BCUT2D eigenvalue weighted by Gasteiger charge is -2.23. The second-order valence-corrected chi connectivity index (χ2v) is 6.66. The summed E-state index contributed by atoms with van der Waals surface area (Å²) in [6.07, 6.45) is 0.986. The number of fused-ring (bicyclic) bond motifs is 1. The topological polar surface area (TPSA) is 150 Å². The van der Waals surface area contributed by atoms with Crippen molar-refractivity contribution in [1.29, 1.82) is 0 Å². The molecule has 0 aromatic carbocycles. The van der Waals surface area contributed by atoms with Crippen molar-refractivity contribution >= 4 is 34.8 Å². The molecule has 2 heterocycles. The fraction of sp³-hybridized carbons (Fsp3) is 0.200. The Morgan fingerprint density at radius 1 is 1.16 bits per heavy atom. The van der Waals surface area contributed by atoms with Gasteiger partial charge in [0.05, 0.1) is 34.7 Å². The average molecular weight is 424 g/mol. The Kier molecular flexibility index (Phi) is 5.43. The van der Waals surface area contributed by atoms with Gasteiger partial charge in [-0.15, -0.1) is 0 Å².